The lowest BCUT2D eigenvalue weighted by molar-refractivity contribution is 0.0496. The van der Waals surface area contributed by atoms with Crippen LogP contribution in [-0.4, -0.2) is 25.2 Å². The maximum Gasteiger partial charge on any atom is 0.338 e. The molecule has 0 bridgehead atoms. The molecule has 4 nitrogen and oxygen atoms in total. The molecule has 0 atom stereocenters. The Morgan fingerprint density at radius 3 is 1.45 bits per heavy atom. The molecular formula is C27H44O4. The van der Waals surface area contributed by atoms with Crippen molar-refractivity contribution < 1.29 is 19.1 Å². The largest absolute Gasteiger partial charge is 0.462 e. The number of unbranched alkanes of at least 4 members (excludes halogenated alkanes) is 7. The highest BCUT2D eigenvalue weighted by Gasteiger charge is 2.12. The molecule has 0 saturated heterocycles. The summed E-state index contributed by atoms with van der Waals surface area (Å²) >= 11 is 0. The van der Waals surface area contributed by atoms with Gasteiger partial charge in [-0.3, -0.25) is 0 Å². The predicted molar refractivity (Wildman–Crippen MR) is 127 cm³/mol. The first-order valence-electron chi connectivity index (χ1n) is 12.3. The van der Waals surface area contributed by atoms with Crippen molar-refractivity contribution in [2.45, 2.75) is 98.3 Å². The molecule has 4 heteroatoms. The van der Waals surface area contributed by atoms with E-state index in [1.165, 1.54) is 44.9 Å². The van der Waals surface area contributed by atoms with Crippen molar-refractivity contribution in [3.05, 3.63) is 35.4 Å². The second-order valence-electron chi connectivity index (χ2n) is 9.40. The molecule has 1 aromatic rings. The average Bonchev–Trinajstić information content (AvgIpc) is 2.74. The summed E-state index contributed by atoms with van der Waals surface area (Å²) in [6.45, 7) is 9.83. The molecule has 0 heterocycles. The summed E-state index contributed by atoms with van der Waals surface area (Å²) in [5.74, 6) is 0.766. The Labute approximate surface area is 190 Å². The second-order valence-corrected chi connectivity index (χ2v) is 9.40. The highest BCUT2D eigenvalue weighted by Crippen LogP contribution is 2.13. The number of hydrogen-bond acceptors (Lipinski definition) is 4. The van der Waals surface area contributed by atoms with Gasteiger partial charge in [-0.1, -0.05) is 91.5 Å². The van der Waals surface area contributed by atoms with E-state index >= 15 is 0 Å². The van der Waals surface area contributed by atoms with Crippen LogP contribution in [0.4, 0.5) is 0 Å². The van der Waals surface area contributed by atoms with E-state index in [1.807, 2.05) is 0 Å². The Hall–Kier alpha value is -1.84. The predicted octanol–water partition coefficient (Wildman–Crippen LogP) is 7.60. The van der Waals surface area contributed by atoms with Crippen LogP contribution in [0.5, 0.6) is 0 Å². The maximum absolute atomic E-state index is 12.3. The van der Waals surface area contributed by atoms with E-state index in [9.17, 15) is 9.59 Å². The summed E-state index contributed by atoms with van der Waals surface area (Å²) in [6.07, 6.45) is 12.6. The summed E-state index contributed by atoms with van der Waals surface area (Å²) in [6, 6.07) is 6.63. The van der Waals surface area contributed by atoms with Crippen molar-refractivity contribution in [3.8, 4) is 0 Å². The van der Waals surface area contributed by atoms with Gasteiger partial charge in [0.2, 0.25) is 0 Å². The molecule has 0 unspecified atom stereocenters. The summed E-state index contributed by atoms with van der Waals surface area (Å²) in [5, 5.41) is 0. The van der Waals surface area contributed by atoms with Gasteiger partial charge < -0.3 is 9.47 Å². The van der Waals surface area contributed by atoms with Crippen molar-refractivity contribution in [2.24, 2.45) is 11.8 Å². The van der Waals surface area contributed by atoms with Crippen molar-refractivity contribution >= 4 is 11.9 Å². The molecule has 31 heavy (non-hydrogen) atoms. The summed E-state index contributed by atoms with van der Waals surface area (Å²) in [5.41, 5.74) is 0.805. The Morgan fingerprint density at radius 1 is 0.645 bits per heavy atom. The quantitative estimate of drug-likeness (QED) is 0.188. The molecule has 0 fully saturated rings. The zero-order valence-corrected chi connectivity index (χ0v) is 20.3. The van der Waals surface area contributed by atoms with E-state index in [4.69, 9.17) is 9.47 Å². The summed E-state index contributed by atoms with van der Waals surface area (Å²) in [4.78, 5) is 24.5. The Morgan fingerprint density at radius 2 is 1.03 bits per heavy atom. The molecular weight excluding hydrogens is 388 g/mol. The zero-order valence-electron chi connectivity index (χ0n) is 20.3. The van der Waals surface area contributed by atoms with Crippen LogP contribution in [-0.2, 0) is 9.47 Å². The molecule has 1 aromatic carbocycles. The van der Waals surface area contributed by atoms with Gasteiger partial charge in [-0.25, -0.2) is 9.59 Å². The molecule has 0 aliphatic rings. The van der Waals surface area contributed by atoms with Crippen molar-refractivity contribution in [3.63, 3.8) is 0 Å². The minimum atomic E-state index is -0.377. The lowest BCUT2D eigenvalue weighted by Crippen LogP contribution is -2.10. The molecule has 0 spiro atoms. The van der Waals surface area contributed by atoms with Gasteiger partial charge in [0.15, 0.2) is 0 Å². The van der Waals surface area contributed by atoms with Gasteiger partial charge in [0.25, 0.3) is 0 Å². The molecule has 1 rings (SSSR count). The van der Waals surface area contributed by atoms with Gasteiger partial charge in [-0.05, 0) is 42.9 Å². The van der Waals surface area contributed by atoms with Gasteiger partial charge >= 0.3 is 11.9 Å². The molecule has 0 N–H and O–H groups in total. The SMILES string of the molecule is CC(C)CCCCCCCOC(=O)c1cccc(C(=O)OCCCCCCC(C)C)c1. The first-order chi connectivity index (χ1) is 14.9. The van der Waals surface area contributed by atoms with E-state index in [-0.39, 0.29) is 11.9 Å². The van der Waals surface area contributed by atoms with E-state index in [0.29, 0.717) is 24.3 Å². The topological polar surface area (TPSA) is 52.6 Å². The molecule has 176 valence electrons. The lowest BCUT2D eigenvalue weighted by Gasteiger charge is -2.08. The fourth-order valence-electron chi connectivity index (χ4n) is 3.46. The number of esters is 2. The molecule has 0 aromatic heterocycles. The average molecular weight is 433 g/mol. The van der Waals surface area contributed by atoms with E-state index in [2.05, 4.69) is 27.7 Å². The van der Waals surface area contributed by atoms with Crippen LogP contribution in [0.15, 0.2) is 24.3 Å². The molecule has 0 aliphatic carbocycles. The monoisotopic (exact) mass is 432 g/mol. The van der Waals surface area contributed by atoms with Crippen LogP contribution in [0.3, 0.4) is 0 Å². The van der Waals surface area contributed by atoms with Crippen LogP contribution in [0.1, 0.15) is 119 Å². The molecule has 0 radical (unpaired) electrons. The first-order valence-corrected chi connectivity index (χ1v) is 12.3. The third-order valence-corrected chi connectivity index (χ3v) is 5.40. The van der Waals surface area contributed by atoms with Crippen LogP contribution < -0.4 is 0 Å². The van der Waals surface area contributed by atoms with Crippen LogP contribution in [0, 0.1) is 11.8 Å². The third-order valence-electron chi connectivity index (χ3n) is 5.40. The van der Waals surface area contributed by atoms with Crippen molar-refractivity contribution in [1.29, 1.82) is 0 Å². The standard InChI is InChI=1S/C27H44O4/c1-22(2)15-10-6-5-8-12-19-30-26(28)24-17-14-18-25(21-24)27(29)31-20-13-9-7-11-16-23(3)4/h14,17-18,21-23H,5-13,15-16,19-20H2,1-4H3. The van der Waals surface area contributed by atoms with Crippen LogP contribution in [0.25, 0.3) is 0 Å². The molecule has 0 amide bonds. The van der Waals surface area contributed by atoms with Crippen LogP contribution in [0.2, 0.25) is 0 Å². The van der Waals surface area contributed by atoms with E-state index < -0.39 is 0 Å². The number of benzene rings is 1. The Kier molecular flexibility index (Phi) is 14.7. The Bertz CT molecular complexity index is 621. The highest BCUT2D eigenvalue weighted by molar-refractivity contribution is 5.95. The first kappa shape index (κ1) is 27.2. The number of carbonyl (C=O) groups excluding carboxylic acids is 2. The van der Waals surface area contributed by atoms with Gasteiger partial charge in [0.05, 0.1) is 24.3 Å². The highest BCUT2D eigenvalue weighted by atomic mass is 16.5. The minimum absolute atomic E-state index is 0.375. The second kappa shape index (κ2) is 16.8. The van der Waals surface area contributed by atoms with Gasteiger partial charge in [0.1, 0.15) is 0 Å². The van der Waals surface area contributed by atoms with Gasteiger partial charge in [0, 0.05) is 0 Å². The number of rotatable bonds is 17. The summed E-state index contributed by atoms with van der Waals surface area (Å²) in [7, 11) is 0. The fraction of sp³-hybridized carbons (Fsp3) is 0.704. The van der Waals surface area contributed by atoms with Crippen LogP contribution >= 0.6 is 0 Å². The van der Waals surface area contributed by atoms with Crippen molar-refractivity contribution in [2.75, 3.05) is 13.2 Å². The van der Waals surface area contributed by atoms with E-state index in [0.717, 1.165) is 37.5 Å². The molecule has 0 aliphatic heterocycles. The molecule has 0 saturated carbocycles. The third kappa shape index (κ3) is 14.0. The smallest absolute Gasteiger partial charge is 0.338 e. The Balaban J connectivity index is 2.22. The normalized spacial score (nSPS) is 11.2. The zero-order chi connectivity index (χ0) is 22.9. The summed E-state index contributed by atoms with van der Waals surface area (Å²) < 4.78 is 10.7. The fourth-order valence-corrected chi connectivity index (χ4v) is 3.46. The van der Waals surface area contributed by atoms with Gasteiger partial charge in [-0.2, -0.15) is 0 Å². The number of hydrogen-bond donors (Lipinski definition) is 0. The minimum Gasteiger partial charge on any atom is -0.462 e. The number of ether oxygens (including phenoxy) is 2. The lowest BCUT2D eigenvalue weighted by atomic mass is 10.0. The maximum atomic E-state index is 12.3. The number of carbonyl (C=O) groups is 2. The van der Waals surface area contributed by atoms with E-state index in [1.54, 1.807) is 24.3 Å². The van der Waals surface area contributed by atoms with Crippen molar-refractivity contribution in [1.82, 2.24) is 0 Å². The van der Waals surface area contributed by atoms with Gasteiger partial charge in [-0.15, -0.1) is 0 Å².